The van der Waals surface area contributed by atoms with Crippen LogP contribution in [0.5, 0.6) is 11.6 Å². The van der Waals surface area contributed by atoms with Gasteiger partial charge in [-0.1, -0.05) is 22.0 Å². The number of benzene rings is 1. The van der Waals surface area contributed by atoms with Crippen molar-refractivity contribution in [1.82, 2.24) is 4.98 Å². The third-order valence-electron chi connectivity index (χ3n) is 2.50. The molecule has 0 aliphatic carbocycles. The Morgan fingerprint density at radius 2 is 1.90 bits per heavy atom. The molecule has 2 aromatic rings. The average molecular weight is 365 g/mol. The number of hydrogen-bond acceptors (Lipinski definition) is 3. The molecule has 1 aromatic heterocycles. The molecular formula is C13H9BrF4N2O. The van der Waals surface area contributed by atoms with E-state index < -0.39 is 17.7 Å². The standard InChI is InChI=1S/C13H9BrF4N2O/c14-8-3-9(15)5-10(4-8)21-12-7(6-19)1-2-11(20-12)13(16,17)18/h1-5H,6,19H2. The summed E-state index contributed by atoms with van der Waals surface area (Å²) in [6.07, 6.45) is -4.60. The van der Waals surface area contributed by atoms with Gasteiger partial charge in [0.1, 0.15) is 17.3 Å². The molecule has 21 heavy (non-hydrogen) atoms. The number of alkyl halides is 3. The van der Waals surface area contributed by atoms with E-state index in [1.807, 2.05) is 0 Å². The minimum atomic E-state index is -4.60. The summed E-state index contributed by atoms with van der Waals surface area (Å²) in [7, 11) is 0. The van der Waals surface area contributed by atoms with Crippen LogP contribution in [0, 0.1) is 5.82 Å². The minimum Gasteiger partial charge on any atom is -0.439 e. The monoisotopic (exact) mass is 364 g/mol. The van der Waals surface area contributed by atoms with Gasteiger partial charge >= 0.3 is 6.18 Å². The molecule has 2 N–H and O–H groups in total. The molecule has 0 bridgehead atoms. The summed E-state index contributed by atoms with van der Waals surface area (Å²) in [6, 6.07) is 5.63. The minimum absolute atomic E-state index is 0.0170. The molecule has 0 saturated heterocycles. The summed E-state index contributed by atoms with van der Waals surface area (Å²) >= 11 is 3.06. The molecule has 0 atom stereocenters. The van der Waals surface area contributed by atoms with Crippen LogP contribution < -0.4 is 10.5 Å². The Kier molecular flexibility index (Phi) is 4.48. The molecule has 0 radical (unpaired) electrons. The van der Waals surface area contributed by atoms with E-state index in [1.165, 1.54) is 18.2 Å². The predicted molar refractivity (Wildman–Crippen MR) is 71.3 cm³/mol. The maximum atomic E-state index is 13.2. The molecule has 0 unspecified atom stereocenters. The van der Waals surface area contributed by atoms with Crippen molar-refractivity contribution in [2.75, 3.05) is 0 Å². The summed E-state index contributed by atoms with van der Waals surface area (Å²) in [5.74, 6) is -0.881. The summed E-state index contributed by atoms with van der Waals surface area (Å²) < 4.78 is 56.8. The van der Waals surface area contributed by atoms with Crippen LogP contribution in [0.4, 0.5) is 17.6 Å². The Labute approximate surface area is 125 Å². The maximum Gasteiger partial charge on any atom is 0.433 e. The van der Waals surface area contributed by atoms with Gasteiger partial charge in [0.15, 0.2) is 0 Å². The molecule has 0 spiro atoms. The second kappa shape index (κ2) is 5.98. The van der Waals surface area contributed by atoms with Crippen molar-refractivity contribution in [3.05, 3.63) is 51.9 Å². The Bertz CT molecular complexity index is 641. The van der Waals surface area contributed by atoms with Crippen LogP contribution in [0.1, 0.15) is 11.3 Å². The summed E-state index contributed by atoms with van der Waals surface area (Å²) in [6.45, 7) is -0.0586. The van der Waals surface area contributed by atoms with Crippen LogP contribution in [0.2, 0.25) is 0 Å². The van der Waals surface area contributed by atoms with Crippen molar-refractivity contribution < 1.29 is 22.3 Å². The van der Waals surface area contributed by atoms with E-state index in [4.69, 9.17) is 10.5 Å². The second-order valence-corrected chi connectivity index (χ2v) is 4.99. The number of hydrogen-bond donors (Lipinski definition) is 1. The summed E-state index contributed by atoms with van der Waals surface area (Å²) in [5, 5.41) is 0. The molecule has 0 aliphatic rings. The fourth-order valence-corrected chi connectivity index (χ4v) is 2.01. The second-order valence-electron chi connectivity index (χ2n) is 4.07. The largest absolute Gasteiger partial charge is 0.439 e. The van der Waals surface area contributed by atoms with E-state index >= 15 is 0 Å². The summed E-state index contributed by atoms with van der Waals surface area (Å²) in [4.78, 5) is 3.40. The van der Waals surface area contributed by atoms with Crippen LogP contribution >= 0.6 is 15.9 Å². The lowest BCUT2D eigenvalue weighted by Crippen LogP contribution is -2.10. The molecule has 3 nitrogen and oxygen atoms in total. The van der Waals surface area contributed by atoms with Gasteiger partial charge in [0.2, 0.25) is 5.88 Å². The highest BCUT2D eigenvalue weighted by Gasteiger charge is 2.33. The lowest BCUT2D eigenvalue weighted by Gasteiger charge is -2.12. The highest BCUT2D eigenvalue weighted by molar-refractivity contribution is 9.10. The first-order valence-corrected chi connectivity index (χ1v) is 6.50. The zero-order valence-electron chi connectivity index (χ0n) is 10.4. The molecular weight excluding hydrogens is 356 g/mol. The number of nitrogens with zero attached hydrogens (tertiary/aromatic N) is 1. The Morgan fingerprint density at radius 1 is 1.19 bits per heavy atom. The van der Waals surface area contributed by atoms with Crippen molar-refractivity contribution in [1.29, 1.82) is 0 Å². The van der Waals surface area contributed by atoms with Gasteiger partial charge in [0.05, 0.1) is 0 Å². The fourth-order valence-electron chi connectivity index (χ4n) is 1.57. The number of halogens is 5. The molecule has 0 amide bonds. The van der Waals surface area contributed by atoms with Crippen molar-refractivity contribution in [2.45, 2.75) is 12.7 Å². The Balaban J connectivity index is 2.41. The van der Waals surface area contributed by atoms with Crippen LogP contribution in [-0.4, -0.2) is 4.98 Å². The third kappa shape index (κ3) is 3.92. The third-order valence-corrected chi connectivity index (χ3v) is 2.96. The Hall–Kier alpha value is -1.67. The van der Waals surface area contributed by atoms with Crippen LogP contribution in [0.15, 0.2) is 34.8 Å². The summed E-state index contributed by atoms with van der Waals surface area (Å²) in [5.41, 5.74) is 4.61. The lowest BCUT2D eigenvalue weighted by molar-refractivity contribution is -0.141. The van der Waals surface area contributed by atoms with Crippen molar-refractivity contribution in [3.8, 4) is 11.6 Å². The topological polar surface area (TPSA) is 48.1 Å². The predicted octanol–water partition coefficient (Wildman–Crippen LogP) is 4.25. The van der Waals surface area contributed by atoms with Gasteiger partial charge < -0.3 is 10.5 Å². The highest BCUT2D eigenvalue weighted by atomic mass is 79.9. The number of ether oxygens (including phenoxy) is 1. The maximum absolute atomic E-state index is 13.2. The zero-order valence-corrected chi connectivity index (χ0v) is 12.0. The van der Waals surface area contributed by atoms with Crippen LogP contribution in [0.3, 0.4) is 0 Å². The molecule has 1 aromatic carbocycles. The first kappa shape index (κ1) is 15.7. The van der Waals surface area contributed by atoms with Crippen LogP contribution in [0.25, 0.3) is 0 Å². The van der Waals surface area contributed by atoms with Crippen molar-refractivity contribution in [3.63, 3.8) is 0 Å². The van der Waals surface area contributed by atoms with Gasteiger partial charge in [-0.25, -0.2) is 9.37 Å². The SMILES string of the molecule is NCc1ccc(C(F)(F)F)nc1Oc1cc(F)cc(Br)c1. The van der Waals surface area contributed by atoms with Gasteiger partial charge in [0, 0.05) is 22.6 Å². The fraction of sp³-hybridized carbons (Fsp3) is 0.154. The first-order chi connectivity index (χ1) is 9.79. The molecule has 0 saturated carbocycles. The molecule has 8 heteroatoms. The molecule has 2 rings (SSSR count). The Morgan fingerprint density at radius 3 is 2.48 bits per heavy atom. The van der Waals surface area contributed by atoms with Gasteiger partial charge in [-0.05, 0) is 18.2 Å². The molecule has 0 aliphatic heterocycles. The van der Waals surface area contributed by atoms with E-state index in [-0.39, 0.29) is 23.7 Å². The quantitative estimate of drug-likeness (QED) is 0.828. The van der Waals surface area contributed by atoms with Gasteiger partial charge in [-0.2, -0.15) is 13.2 Å². The lowest BCUT2D eigenvalue weighted by atomic mass is 10.2. The van der Waals surface area contributed by atoms with Crippen molar-refractivity contribution in [2.24, 2.45) is 5.73 Å². The smallest absolute Gasteiger partial charge is 0.433 e. The van der Waals surface area contributed by atoms with Gasteiger partial charge in [-0.3, -0.25) is 0 Å². The number of rotatable bonds is 3. The van der Waals surface area contributed by atoms with Crippen LogP contribution in [-0.2, 0) is 12.7 Å². The van der Waals surface area contributed by atoms with Gasteiger partial charge in [-0.15, -0.1) is 0 Å². The normalized spacial score (nSPS) is 11.5. The molecule has 112 valence electrons. The van der Waals surface area contributed by atoms with E-state index in [2.05, 4.69) is 20.9 Å². The van der Waals surface area contributed by atoms with E-state index in [1.54, 1.807) is 0 Å². The molecule has 1 heterocycles. The van der Waals surface area contributed by atoms with Gasteiger partial charge in [0.25, 0.3) is 0 Å². The zero-order chi connectivity index (χ0) is 15.6. The van der Waals surface area contributed by atoms with E-state index in [0.717, 1.165) is 12.1 Å². The number of nitrogens with two attached hydrogens (primary N) is 1. The van der Waals surface area contributed by atoms with E-state index in [9.17, 15) is 17.6 Å². The average Bonchev–Trinajstić information content (AvgIpc) is 2.36. The van der Waals surface area contributed by atoms with E-state index in [0.29, 0.717) is 4.47 Å². The van der Waals surface area contributed by atoms with Crippen molar-refractivity contribution >= 4 is 15.9 Å². The highest BCUT2D eigenvalue weighted by Crippen LogP contribution is 2.32. The molecule has 0 fully saturated rings. The first-order valence-electron chi connectivity index (χ1n) is 5.70. The number of aromatic nitrogens is 1. The number of pyridine rings is 1.